The van der Waals surface area contributed by atoms with Gasteiger partial charge in [0.15, 0.2) is 0 Å². The maximum Gasteiger partial charge on any atom is 0.324 e. The van der Waals surface area contributed by atoms with Gasteiger partial charge in [0.2, 0.25) is 0 Å². The Kier molecular flexibility index (Phi) is 5.12. The lowest BCUT2D eigenvalue weighted by molar-refractivity contribution is -0.145. The molecule has 0 atom stereocenters. The van der Waals surface area contributed by atoms with E-state index in [0.717, 1.165) is 12.8 Å². The van der Waals surface area contributed by atoms with Crippen molar-refractivity contribution >= 4 is 16.2 Å². The summed E-state index contributed by atoms with van der Waals surface area (Å²) in [6.45, 7) is 4.20. The lowest BCUT2D eigenvalue weighted by Crippen LogP contribution is -2.58. The number of hydrogen-bond donors (Lipinski definition) is 3. The van der Waals surface area contributed by atoms with E-state index in [-0.39, 0.29) is 0 Å². The second-order valence-electron chi connectivity index (χ2n) is 5.07. The number of carboxylic acids is 1. The van der Waals surface area contributed by atoms with E-state index in [1.807, 2.05) is 6.92 Å². The number of rotatable bonds is 6. The fourth-order valence-electron chi connectivity index (χ4n) is 2.14. The molecule has 6 nitrogen and oxygen atoms in total. The normalized spacial score (nSPS) is 29.1. The van der Waals surface area contributed by atoms with Crippen LogP contribution in [-0.4, -0.2) is 31.6 Å². The zero-order chi connectivity index (χ0) is 13.8. The molecule has 1 saturated carbocycles. The first-order valence-electron chi connectivity index (χ1n) is 6.33. The molecule has 1 aliphatic rings. The van der Waals surface area contributed by atoms with Crippen molar-refractivity contribution in [1.29, 1.82) is 0 Å². The molecule has 1 fully saturated rings. The minimum Gasteiger partial charge on any atom is -0.480 e. The molecule has 0 aromatic carbocycles. The zero-order valence-electron chi connectivity index (χ0n) is 10.9. The van der Waals surface area contributed by atoms with E-state index in [9.17, 15) is 18.3 Å². The van der Waals surface area contributed by atoms with Gasteiger partial charge in [-0.15, -0.1) is 0 Å². The molecule has 0 unspecified atom stereocenters. The van der Waals surface area contributed by atoms with Crippen LogP contribution in [0.15, 0.2) is 0 Å². The van der Waals surface area contributed by atoms with Crippen molar-refractivity contribution in [2.75, 3.05) is 6.54 Å². The predicted octanol–water partition coefficient (Wildman–Crippen LogP) is 0.854. The Balaban J connectivity index is 2.78. The van der Waals surface area contributed by atoms with Gasteiger partial charge in [-0.25, -0.2) is 4.72 Å². The lowest BCUT2D eigenvalue weighted by atomic mass is 9.78. The molecule has 1 aliphatic carbocycles. The summed E-state index contributed by atoms with van der Waals surface area (Å²) in [4.78, 5) is 11.4. The van der Waals surface area contributed by atoms with E-state index in [1.54, 1.807) is 0 Å². The first-order valence-corrected chi connectivity index (χ1v) is 7.81. The quantitative estimate of drug-likeness (QED) is 0.671. The average Bonchev–Trinajstić information content (AvgIpc) is 2.29. The second-order valence-corrected chi connectivity index (χ2v) is 6.57. The van der Waals surface area contributed by atoms with Gasteiger partial charge < -0.3 is 5.11 Å². The van der Waals surface area contributed by atoms with Crippen LogP contribution in [-0.2, 0) is 15.0 Å². The molecule has 0 radical (unpaired) electrons. The van der Waals surface area contributed by atoms with Crippen LogP contribution >= 0.6 is 0 Å². The van der Waals surface area contributed by atoms with E-state index in [4.69, 9.17) is 0 Å². The molecule has 0 spiro atoms. The van der Waals surface area contributed by atoms with Gasteiger partial charge in [-0.1, -0.05) is 13.8 Å². The van der Waals surface area contributed by atoms with Crippen LogP contribution in [0, 0.1) is 5.92 Å². The third kappa shape index (κ3) is 3.93. The minimum atomic E-state index is -3.75. The third-order valence-electron chi connectivity index (χ3n) is 3.41. The molecule has 0 saturated heterocycles. The molecule has 0 amide bonds. The number of carboxylic acid groups (broad SMARTS) is 1. The summed E-state index contributed by atoms with van der Waals surface area (Å²) in [6.07, 6.45) is 2.80. The largest absolute Gasteiger partial charge is 0.480 e. The molecule has 3 N–H and O–H groups in total. The fourth-order valence-corrected chi connectivity index (χ4v) is 3.50. The van der Waals surface area contributed by atoms with Crippen molar-refractivity contribution in [1.82, 2.24) is 9.44 Å². The Hall–Kier alpha value is -0.660. The third-order valence-corrected chi connectivity index (χ3v) is 4.65. The minimum absolute atomic E-state index is 0.307. The highest BCUT2D eigenvalue weighted by Crippen LogP contribution is 2.32. The van der Waals surface area contributed by atoms with Gasteiger partial charge in [0, 0.05) is 6.54 Å². The van der Waals surface area contributed by atoms with Crippen LogP contribution in [0.2, 0.25) is 0 Å². The highest BCUT2D eigenvalue weighted by Gasteiger charge is 2.44. The molecule has 0 aliphatic heterocycles. The van der Waals surface area contributed by atoms with Crippen molar-refractivity contribution in [2.24, 2.45) is 5.92 Å². The van der Waals surface area contributed by atoms with E-state index in [0.29, 0.717) is 31.7 Å². The summed E-state index contributed by atoms with van der Waals surface area (Å²) in [5.41, 5.74) is -1.34. The summed E-state index contributed by atoms with van der Waals surface area (Å²) in [5.74, 6) is -0.637. The molecule has 7 heteroatoms. The maximum absolute atomic E-state index is 11.8. The molecule has 0 aromatic rings. The van der Waals surface area contributed by atoms with Crippen LogP contribution < -0.4 is 9.44 Å². The summed E-state index contributed by atoms with van der Waals surface area (Å²) in [6, 6.07) is 0. The molecular formula is C11H22N2O4S. The van der Waals surface area contributed by atoms with Crippen molar-refractivity contribution in [3.63, 3.8) is 0 Å². The first kappa shape index (κ1) is 15.4. The van der Waals surface area contributed by atoms with E-state index in [2.05, 4.69) is 16.4 Å². The number of aliphatic carboxylic acids is 1. The van der Waals surface area contributed by atoms with Gasteiger partial charge >= 0.3 is 5.97 Å². The maximum atomic E-state index is 11.8. The van der Waals surface area contributed by atoms with E-state index >= 15 is 0 Å². The van der Waals surface area contributed by atoms with Crippen LogP contribution in [0.25, 0.3) is 0 Å². The smallest absolute Gasteiger partial charge is 0.324 e. The average molecular weight is 278 g/mol. The Morgan fingerprint density at radius 3 is 2.39 bits per heavy atom. The van der Waals surface area contributed by atoms with Gasteiger partial charge in [0.1, 0.15) is 5.54 Å². The van der Waals surface area contributed by atoms with Gasteiger partial charge in [-0.05, 0) is 38.0 Å². The molecule has 0 bridgehead atoms. The van der Waals surface area contributed by atoms with E-state index in [1.165, 1.54) is 0 Å². The van der Waals surface area contributed by atoms with Crippen LogP contribution in [0.3, 0.4) is 0 Å². The molecule has 1 rings (SSSR count). The van der Waals surface area contributed by atoms with Gasteiger partial charge in [0.25, 0.3) is 10.2 Å². The lowest BCUT2D eigenvalue weighted by Gasteiger charge is -2.35. The first-order chi connectivity index (χ1) is 8.31. The van der Waals surface area contributed by atoms with E-state index < -0.39 is 21.7 Å². The number of hydrogen-bond acceptors (Lipinski definition) is 3. The van der Waals surface area contributed by atoms with Gasteiger partial charge in [-0.2, -0.15) is 13.1 Å². The Morgan fingerprint density at radius 1 is 1.39 bits per heavy atom. The standard InChI is InChI=1S/C11H22N2O4S/c1-3-8-12-18(16,17)13-11(10(14)15)6-4-9(2)5-7-11/h9,12-13H,3-8H2,1-2H3,(H,14,15). The SMILES string of the molecule is CCCNS(=O)(=O)NC1(C(=O)O)CCC(C)CC1. The molecule has 106 valence electrons. The second kappa shape index (κ2) is 5.99. The van der Waals surface area contributed by atoms with Gasteiger partial charge in [-0.3, -0.25) is 4.79 Å². The number of nitrogens with one attached hydrogen (secondary N) is 2. The van der Waals surface area contributed by atoms with Crippen molar-refractivity contribution in [2.45, 2.75) is 51.5 Å². The monoisotopic (exact) mass is 278 g/mol. The molecule has 0 aromatic heterocycles. The van der Waals surface area contributed by atoms with Crippen molar-refractivity contribution in [3.05, 3.63) is 0 Å². The van der Waals surface area contributed by atoms with Crippen molar-refractivity contribution < 1.29 is 18.3 Å². The Labute approximate surface area is 108 Å². The van der Waals surface area contributed by atoms with Crippen molar-refractivity contribution in [3.8, 4) is 0 Å². The van der Waals surface area contributed by atoms with Crippen LogP contribution in [0.4, 0.5) is 0 Å². The molecule has 0 heterocycles. The fraction of sp³-hybridized carbons (Fsp3) is 0.909. The summed E-state index contributed by atoms with van der Waals surface area (Å²) in [5, 5.41) is 9.31. The summed E-state index contributed by atoms with van der Waals surface area (Å²) in [7, 11) is -3.75. The summed E-state index contributed by atoms with van der Waals surface area (Å²) < 4.78 is 28.2. The predicted molar refractivity (Wildman–Crippen MR) is 68.3 cm³/mol. The molecular weight excluding hydrogens is 256 g/mol. The highest BCUT2D eigenvalue weighted by atomic mass is 32.2. The molecule has 18 heavy (non-hydrogen) atoms. The Morgan fingerprint density at radius 2 is 1.94 bits per heavy atom. The van der Waals surface area contributed by atoms with Crippen LogP contribution in [0.1, 0.15) is 46.0 Å². The Bertz CT molecular complexity index is 386. The highest BCUT2D eigenvalue weighted by molar-refractivity contribution is 7.87. The van der Waals surface area contributed by atoms with Crippen LogP contribution in [0.5, 0.6) is 0 Å². The van der Waals surface area contributed by atoms with Gasteiger partial charge in [0.05, 0.1) is 0 Å². The zero-order valence-corrected chi connectivity index (χ0v) is 11.7. The number of carbonyl (C=O) groups is 1. The summed E-state index contributed by atoms with van der Waals surface area (Å²) >= 11 is 0. The topological polar surface area (TPSA) is 95.5 Å².